The molecule has 0 aliphatic carbocycles. The predicted molar refractivity (Wildman–Crippen MR) is 99.3 cm³/mol. The molecule has 0 unspecified atom stereocenters. The van der Waals surface area contributed by atoms with Crippen molar-refractivity contribution in [1.29, 1.82) is 0 Å². The number of ether oxygens (including phenoxy) is 1. The lowest BCUT2D eigenvalue weighted by Crippen LogP contribution is -2.14. The minimum atomic E-state index is -0.469. The van der Waals surface area contributed by atoms with Gasteiger partial charge in [0.25, 0.3) is 5.91 Å². The molecule has 130 valence electrons. The summed E-state index contributed by atoms with van der Waals surface area (Å²) in [6.07, 6.45) is 0. The Labute approximate surface area is 150 Å². The molecule has 3 rings (SSSR count). The Morgan fingerprint density at radius 3 is 2.12 bits per heavy atom. The zero-order chi connectivity index (χ0) is 18.5. The largest absolute Gasteiger partial charge is 0.508 e. The van der Waals surface area contributed by atoms with Crippen LogP contribution in [0.25, 0.3) is 11.1 Å². The molecule has 5 heteroatoms. The minimum absolute atomic E-state index is 0.0622. The van der Waals surface area contributed by atoms with E-state index in [9.17, 15) is 14.7 Å². The smallest absolute Gasteiger partial charge is 0.338 e. The number of benzene rings is 3. The first kappa shape index (κ1) is 17.2. The number of hydrogen-bond acceptors (Lipinski definition) is 4. The highest BCUT2D eigenvalue weighted by Crippen LogP contribution is 2.28. The van der Waals surface area contributed by atoms with E-state index in [1.54, 1.807) is 60.7 Å². The number of hydrogen-bond donors (Lipinski definition) is 2. The molecule has 0 aliphatic heterocycles. The van der Waals surface area contributed by atoms with Gasteiger partial charge in [0.05, 0.1) is 12.7 Å². The molecule has 26 heavy (non-hydrogen) atoms. The van der Waals surface area contributed by atoms with E-state index < -0.39 is 5.97 Å². The van der Waals surface area contributed by atoms with Gasteiger partial charge in [0.15, 0.2) is 0 Å². The number of rotatable bonds is 4. The number of phenols is 1. The van der Waals surface area contributed by atoms with Crippen LogP contribution in [0, 0.1) is 0 Å². The lowest BCUT2D eigenvalue weighted by Gasteiger charge is -2.13. The third-order valence-electron chi connectivity index (χ3n) is 3.90. The van der Waals surface area contributed by atoms with Crippen molar-refractivity contribution in [2.24, 2.45) is 0 Å². The number of methoxy groups -OCH3 is 1. The van der Waals surface area contributed by atoms with Gasteiger partial charge in [-0.05, 0) is 35.4 Å². The van der Waals surface area contributed by atoms with Crippen molar-refractivity contribution in [1.82, 2.24) is 0 Å². The summed E-state index contributed by atoms with van der Waals surface area (Å²) >= 11 is 0. The van der Waals surface area contributed by atoms with E-state index in [0.29, 0.717) is 27.9 Å². The fraction of sp³-hybridized carbons (Fsp3) is 0.0476. The summed E-state index contributed by atoms with van der Waals surface area (Å²) in [4.78, 5) is 24.8. The third-order valence-corrected chi connectivity index (χ3v) is 3.90. The number of anilines is 1. The SMILES string of the molecule is COC(=O)c1ccccc1-c1ccccc1C(=O)Nc1cccc(O)c1. The van der Waals surface area contributed by atoms with Crippen molar-refractivity contribution < 1.29 is 19.4 Å². The van der Waals surface area contributed by atoms with Gasteiger partial charge in [0.1, 0.15) is 5.75 Å². The van der Waals surface area contributed by atoms with Gasteiger partial charge in [-0.25, -0.2) is 4.79 Å². The monoisotopic (exact) mass is 347 g/mol. The highest BCUT2D eigenvalue weighted by molar-refractivity contribution is 6.10. The maximum Gasteiger partial charge on any atom is 0.338 e. The summed E-state index contributed by atoms with van der Waals surface area (Å²) in [5.41, 5.74) is 2.50. The summed E-state index contributed by atoms with van der Waals surface area (Å²) in [6, 6.07) is 20.3. The van der Waals surface area contributed by atoms with Gasteiger partial charge in [-0.15, -0.1) is 0 Å². The van der Waals surface area contributed by atoms with Crippen molar-refractivity contribution in [2.45, 2.75) is 0 Å². The molecule has 0 aromatic heterocycles. The standard InChI is InChI=1S/C21H17NO4/c1-26-21(25)19-12-5-3-10-17(19)16-9-2-4-11-18(16)20(24)22-14-7-6-8-15(23)13-14/h2-13,23H,1H3,(H,22,24). The van der Waals surface area contributed by atoms with E-state index in [-0.39, 0.29) is 11.7 Å². The molecule has 0 heterocycles. The number of nitrogens with one attached hydrogen (secondary N) is 1. The number of aromatic hydroxyl groups is 1. The summed E-state index contributed by atoms with van der Waals surface area (Å²) in [5.74, 6) is -0.748. The number of phenolic OH excluding ortho intramolecular Hbond substituents is 1. The van der Waals surface area contributed by atoms with Crippen LogP contribution in [0.5, 0.6) is 5.75 Å². The minimum Gasteiger partial charge on any atom is -0.508 e. The van der Waals surface area contributed by atoms with Crippen LogP contribution >= 0.6 is 0 Å². The average Bonchev–Trinajstić information content (AvgIpc) is 2.67. The van der Waals surface area contributed by atoms with Crippen molar-refractivity contribution in [3.63, 3.8) is 0 Å². The Bertz CT molecular complexity index is 965. The normalized spacial score (nSPS) is 10.2. The number of esters is 1. The van der Waals surface area contributed by atoms with Crippen LogP contribution in [0.3, 0.4) is 0 Å². The van der Waals surface area contributed by atoms with Crippen LogP contribution in [0.1, 0.15) is 20.7 Å². The molecule has 0 saturated carbocycles. The second-order valence-corrected chi connectivity index (χ2v) is 5.59. The van der Waals surface area contributed by atoms with E-state index in [0.717, 1.165) is 0 Å². The zero-order valence-electron chi connectivity index (χ0n) is 14.1. The van der Waals surface area contributed by atoms with Gasteiger partial charge < -0.3 is 15.2 Å². The highest BCUT2D eigenvalue weighted by atomic mass is 16.5. The third kappa shape index (κ3) is 3.57. The van der Waals surface area contributed by atoms with Crippen molar-refractivity contribution in [3.8, 4) is 16.9 Å². The van der Waals surface area contributed by atoms with Gasteiger partial charge >= 0.3 is 5.97 Å². The molecule has 0 saturated heterocycles. The summed E-state index contributed by atoms with van der Waals surface area (Å²) < 4.78 is 4.84. The van der Waals surface area contributed by atoms with Gasteiger partial charge in [-0.1, -0.05) is 42.5 Å². The van der Waals surface area contributed by atoms with Crippen LogP contribution in [-0.2, 0) is 4.74 Å². The van der Waals surface area contributed by atoms with E-state index in [2.05, 4.69) is 5.32 Å². The molecule has 0 atom stereocenters. The van der Waals surface area contributed by atoms with Crippen molar-refractivity contribution >= 4 is 17.6 Å². The first-order valence-electron chi connectivity index (χ1n) is 7.97. The van der Waals surface area contributed by atoms with Gasteiger partial charge in [-0.2, -0.15) is 0 Å². The lowest BCUT2D eigenvalue weighted by atomic mass is 9.95. The second-order valence-electron chi connectivity index (χ2n) is 5.59. The van der Waals surface area contributed by atoms with Crippen LogP contribution in [0.15, 0.2) is 72.8 Å². The topological polar surface area (TPSA) is 75.6 Å². The van der Waals surface area contributed by atoms with Gasteiger partial charge in [0.2, 0.25) is 0 Å². The highest BCUT2D eigenvalue weighted by Gasteiger charge is 2.18. The predicted octanol–water partition coefficient (Wildman–Crippen LogP) is 4.10. The Kier molecular flexibility index (Phi) is 4.99. The number of carbonyl (C=O) groups is 2. The Balaban J connectivity index is 2.02. The Morgan fingerprint density at radius 1 is 0.846 bits per heavy atom. The molecule has 1 amide bonds. The van der Waals surface area contributed by atoms with Crippen LogP contribution in [0.2, 0.25) is 0 Å². The van der Waals surface area contributed by atoms with E-state index >= 15 is 0 Å². The molecule has 0 bridgehead atoms. The first-order chi connectivity index (χ1) is 12.6. The molecule has 2 N–H and O–H groups in total. The molecular weight excluding hydrogens is 330 g/mol. The maximum absolute atomic E-state index is 12.8. The quantitative estimate of drug-likeness (QED) is 0.697. The molecule has 3 aromatic carbocycles. The fourth-order valence-corrected chi connectivity index (χ4v) is 2.70. The molecule has 0 fully saturated rings. The molecular formula is C21H17NO4. The van der Waals surface area contributed by atoms with Crippen molar-refractivity contribution in [2.75, 3.05) is 12.4 Å². The van der Waals surface area contributed by atoms with Crippen LogP contribution in [0.4, 0.5) is 5.69 Å². The van der Waals surface area contributed by atoms with Crippen molar-refractivity contribution in [3.05, 3.63) is 83.9 Å². The molecule has 0 spiro atoms. The lowest BCUT2D eigenvalue weighted by molar-refractivity contribution is 0.0601. The number of carbonyl (C=O) groups excluding carboxylic acids is 2. The molecule has 0 aliphatic rings. The zero-order valence-corrected chi connectivity index (χ0v) is 14.1. The Hall–Kier alpha value is -3.60. The summed E-state index contributed by atoms with van der Waals surface area (Å²) in [6.45, 7) is 0. The summed E-state index contributed by atoms with van der Waals surface area (Å²) in [5, 5.41) is 12.3. The van der Waals surface area contributed by atoms with E-state index in [4.69, 9.17) is 4.74 Å². The Morgan fingerprint density at radius 2 is 1.46 bits per heavy atom. The first-order valence-corrected chi connectivity index (χ1v) is 7.97. The average molecular weight is 347 g/mol. The van der Waals surface area contributed by atoms with Gasteiger partial charge in [0, 0.05) is 17.3 Å². The van der Waals surface area contributed by atoms with E-state index in [1.807, 2.05) is 0 Å². The van der Waals surface area contributed by atoms with Crippen LogP contribution in [-0.4, -0.2) is 24.1 Å². The maximum atomic E-state index is 12.8. The number of amides is 1. The fourth-order valence-electron chi connectivity index (χ4n) is 2.70. The molecule has 3 aromatic rings. The second kappa shape index (κ2) is 7.53. The van der Waals surface area contributed by atoms with E-state index in [1.165, 1.54) is 19.2 Å². The molecule has 5 nitrogen and oxygen atoms in total. The van der Waals surface area contributed by atoms with Crippen LogP contribution < -0.4 is 5.32 Å². The van der Waals surface area contributed by atoms with Gasteiger partial charge in [-0.3, -0.25) is 4.79 Å². The summed E-state index contributed by atoms with van der Waals surface area (Å²) in [7, 11) is 1.32. The molecule has 0 radical (unpaired) electrons.